The number of likely N-dealkylation sites (N-methyl/N-ethyl adjacent to an activating group) is 1. The van der Waals surface area contributed by atoms with E-state index in [2.05, 4.69) is 21.8 Å². The second-order valence-electron chi connectivity index (χ2n) is 5.63. The predicted octanol–water partition coefficient (Wildman–Crippen LogP) is 1.60. The van der Waals surface area contributed by atoms with Crippen molar-refractivity contribution in [3.05, 3.63) is 48.3 Å². The molecule has 2 N–H and O–H groups in total. The van der Waals surface area contributed by atoms with E-state index in [9.17, 15) is 4.79 Å². The van der Waals surface area contributed by atoms with Crippen molar-refractivity contribution in [2.24, 2.45) is 5.73 Å². The van der Waals surface area contributed by atoms with Gasteiger partial charge < -0.3 is 15.5 Å². The number of hydrogen-bond donors (Lipinski definition) is 1. The van der Waals surface area contributed by atoms with E-state index in [-0.39, 0.29) is 0 Å². The molecule has 0 saturated carbocycles. The van der Waals surface area contributed by atoms with E-state index in [4.69, 9.17) is 5.73 Å². The highest BCUT2D eigenvalue weighted by molar-refractivity contribution is 6.00. The van der Waals surface area contributed by atoms with Crippen LogP contribution in [-0.2, 0) is 0 Å². The topological polar surface area (TPSA) is 62.5 Å². The third-order valence-electron chi connectivity index (χ3n) is 4.11. The maximum absolute atomic E-state index is 11.7. The summed E-state index contributed by atoms with van der Waals surface area (Å²) in [6.45, 7) is 4.05. The molecule has 1 amide bonds. The van der Waals surface area contributed by atoms with Crippen LogP contribution < -0.4 is 10.6 Å². The Morgan fingerprint density at radius 1 is 1.18 bits per heavy atom. The van der Waals surface area contributed by atoms with Crippen LogP contribution in [0.25, 0.3) is 11.1 Å². The van der Waals surface area contributed by atoms with Gasteiger partial charge in [-0.3, -0.25) is 9.78 Å². The fourth-order valence-corrected chi connectivity index (χ4v) is 2.77. The number of primary amides is 1. The minimum Gasteiger partial charge on any atom is -0.369 e. The van der Waals surface area contributed by atoms with Crippen LogP contribution in [-0.4, -0.2) is 49.0 Å². The van der Waals surface area contributed by atoms with Crippen molar-refractivity contribution in [3.8, 4) is 11.1 Å². The number of carbonyl (C=O) groups is 1. The summed E-state index contributed by atoms with van der Waals surface area (Å²) in [6, 6.07) is 9.65. The van der Waals surface area contributed by atoms with Crippen molar-refractivity contribution in [1.29, 1.82) is 0 Å². The number of piperazine rings is 1. The lowest BCUT2D eigenvalue weighted by Gasteiger charge is -2.34. The molecule has 2 heterocycles. The zero-order valence-corrected chi connectivity index (χ0v) is 12.7. The lowest BCUT2D eigenvalue weighted by Crippen LogP contribution is -2.44. The summed E-state index contributed by atoms with van der Waals surface area (Å²) in [4.78, 5) is 20.5. The molecule has 1 aromatic carbocycles. The average Bonchev–Trinajstić information content (AvgIpc) is 2.56. The molecule has 22 heavy (non-hydrogen) atoms. The minimum atomic E-state index is -0.413. The van der Waals surface area contributed by atoms with Gasteiger partial charge in [-0.1, -0.05) is 6.07 Å². The van der Waals surface area contributed by atoms with E-state index in [1.807, 2.05) is 30.3 Å². The molecular formula is C17H20N4O. The summed E-state index contributed by atoms with van der Waals surface area (Å²) in [5.41, 5.74) is 8.93. The largest absolute Gasteiger partial charge is 0.369 e. The zero-order valence-electron chi connectivity index (χ0n) is 12.7. The Hall–Kier alpha value is -2.40. The molecule has 1 aliphatic heterocycles. The monoisotopic (exact) mass is 296 g/mol. The predicted molar refractivity (Wildman–Crippen MR) is 87.9 cm³/mol. The van der Waals surface area contributed by atoms with Gasteiger partial charge in [-0.15, -0.1) is 0 Å². The Balaban J connectivity index is 1.99. The third-order valence-corrected chi connectivity index (χ3v) is 4.11. The highest BCUT2D eigenvalue weighted by Gasteiger charge is 2.17. The van der Waals surface area contributed by atoms with Crippen molar-refractivity contribution in [2.75, 3.05) is 38.1 Å². The molecule has 0 atom stereocenters. The normalized spacial score (nSPS) is 15.8. The molecular weight excluding hydrogens is 276 g/mol. The number of nitrogens with two attached hydrogens (primary N) is 1. The van der Waals surface area contributed by atoms with Crippen molar-refractivity contribution in [2.45, 2.75) is 0 Å². The minimum absolute atomic E-state index is 0.413. The summed E-state index contributed by atoms with van der Waals surface area (Å²) in [5.74, 6) is -0.413. The summed E-state index contributed by atoms with van der Waals surface area (Å²) < 4.78 is 0. The van der Waals surface area contributed by atoms with Gasteiger partial charge in [0.1, 0.15) is 0 Å². The van der Waals surface area contributed by atoms with Crippen LogP contribution in [0.15, 0.2) is 42.7 Å². The first-order valence-corrected chi connectivity index (χ1v) is 7.43. The van der Waals surface area contributed by atoms with E-state index in [0.717, 1.165) is 43.0 Å². The number of amides is 1. The number of pyridine rings is 1. The molecule has 1 saturated heterocycles. The van der Waals surface area contributed by atoms with Crippen LogP contribution in [0.3, 0.4) is 0 Å². The number of anilines is 1. The number of hydrogen-bond acceptors (Lipinski definition) is 4. The molecule has 5 nitrogen and oxygen atoms in total. The zero-order chi connectivity index (χ0) is 15.5. The second-order valence-corrected chi connectivity index (χ2v) is 5.63. The van der Waals surface area contributed by atoms with Gasteiger partial charge in [-0.2, -0.15) is 0 Å². The van der Waals surface area contributed by atoms with Crippen LogP contribution in [0.1, 0.15) is 10.4 Å². The molecule has 0 radical (unpaired) electrons. The summed E-state index contributed by atoms with van der Waals surface area (Å²) in [6.07, 6.45) is 3.48. The number of carbonyl (C=O) groups excluding carboxylic acids is 1. The third kappa shape index (κ3) is 2.94. The van der Waals surface area contributed by atoms with Gasteiger partial charge in [0.05, 0.1) is 0 Å². The highest BCUT2D eigenvalue weighted by Crippen LogP contribution is 2.28. The van der Waals surface area contributed by atoms with Crippen LogP contribution in [0.4, 0.5) is 5.69 Å². The Morgan fingerprint density at radius 2 is 1.95 bits per heavy atom. The second kappa shape index (κ2) is 6.15. The van der Waals surface area contributed by atoms with E-state index in [1.54, 1.807) is 12.4 Å². The fourth-order valence-electron chi connectivity index (χ4n) is 2.77. The van der Waals surface area contributed by atoms with Gasteiger partial charge in [-0.05, 0) is 36.9 Å². The van der Waals surface area contributed by atoms with Crippen LogP contribution in [0.5, 0.6) is 0 Å². The number of rotatable bonds is 3. The number of benzene rings is 1. The van der Waals surface area contributed by atoms with Gasteiger partial charge >= 0.3 is 0 Å². The first kappa shape index (κ1) is 14.5. The summed E-state index contributed by atoms with van der Waals surface area (Å²) in [7, 11) is 2.13. The van der Waals surface area contributed by atoms with Crippen molar-refractivity contribution in [3.63, 3.8) is 0 Å². The highest BCUT2D eigenvalue weighted by atomic mass is 16.1. The van der Waals surface area contributed by atoms with Crippen LogP contribution in [0.2, 0.25) is 0 Å². The van der Waals surface area contributed by atoms with Crippen molar-refractivity contribution < 1.29 is 4.79 Å². The molecule has 0 spiro atoms. The van der Waals surface area contributed by atoms with E-state index >= 15 is 0 Å². The van der Waals surface area contributed by atoms with Gasteiger partial charge in [-0.25, -0.2) is 0 Å². The molecule has 1 fully saturated rings. The smallest absolute Gasteiger partial charge is 0.249 e. The van der Waals surface area contributed by atoms with E-state index in [0.29, 0.717) is 5.56 Å². The molecule has 0 bridgehead atoms. The molecule has 1 aliphatic rings. The summed E-state index contributed by atoms with van der Waals surface area (Å²) >= 11 is 0. The van der Waals surface area contributed by atoms with E-state index in [1.165, 1.54) is 0 Å². The van der Waals surface area contributed by atoms with E-state index < -0.39 is 5.91 Å². The van der Waals surface area contributed by atoms with Gasteiger partial charge in [0.2, 0.25) is 5.91 Å². The lowest BCUT2D eigenvalue weighted by atomic mass is 9.99. The first-order chi connectivity index (χ1) is 10.6. The Labute approximate surface area is 130 Å². The molecule has 3 rings (SSSR count). The average molecular weight is 296 g/mol. The van der Waals surface area contributed by atoms with Crippen molar-refractivity contribution in [1.82, 2.24) is 9.88 Å². The molecule has 0 aliphatic carbocycles. The van der Waals surface area contributed by atoms with Gasteiger partial charge in [0.15, 0.2) is 0 Å². The SMILES string of the molecule is CN1CCN(c2ccc(C(N)=O)c(-c3cccnc3)c2)CC1. The fraction of sp³-hybridized carbons (Fsp3) is 0.294. The summed E-state index contributed by atoms with van der Waals surface area (Å²) in [5, 5.41) is 0. The van der Waals surface area contributed by atoms with Crippen LogP contribution in [0, 0.1) is 0 Å². The maximum Gasteiger partial charge on any atom is 0.249 e. The van der Waals surface area contributed by atoms with Gasteiger partial charge in [0.25, 0.3) is 0 Å². The number of aromatic nitrogens is 1. The molecule has 114 valence electrons. The standard InChI is InChI=1S/C17H20N4O/c1-20-7-9-21(10-8-20)14-4-5-15(17(18)22)16(11-14)13-3-2-6-19-12-13/h2-6,11-12H,7-10H2,1H3,(H2,18,22). The van der Waals surface area contributed by atoms with Gasteiger partial charge in [0, 0.05) is 55.4 Å². The Bertz CT molecular complexity index is 664. The van der Waals surface area contributed by atoms with Crippen LogP contribution >= 0.6 is 0 Å². The molecule has 1 aromatic heterocycles. The quantitative estimate of drug-likeness (QED) is 0.934. The van der Waals surface area contributed by atoms with Crippen molar-refractivity contribution >= 4 is 11.6 Å². The molecule has 0 unspecified atom stereocenters. The molecule has 5 heteroatoms. The Morgan fingerprint density at radius 3 is 2.59 bits per heavy atom. The number of nitrogens with zero attached hydrogens (tertiary/aromatic N) is 3. The maximum atomic E-state index is 11.7. The lowest BCUT2D eigenvalue weighted by molar-refractivity contribution is 0.100. The first-order valence-electron chi connectivity index (χ1n) is 7.43. The Kier molecular flexibility index (Phi) is 4.06. The molecule has 2 aromatic rings.